The summed E-state index contributed by atoms with van der Waals surface area (Å²) in [5.41, 5.74) is 6.17. The van der Waals surface area contributed by atoms with Crippen molar-refractivity contribution < 1.29 is 4.79 Å². The number of ketones is 1. The highest BCUT2D eigenvalue weighted by molar-refractivity contribution is 6.11. The molecule has 0 atom stereocenters. The van der Waals surface area contributed by atoms with Crippen molar-refractivity contribution in [1.82, 2.24) is 4.98 Å². The van der Waals surface area contributed by atoms with Gasteiger partial charge in [0.2, 0.25) is 5.78 Å². The molecule has 2 aliphatic rings. The fourth-order valence-corrected chi connectivity index (χ4v) is 3.78. The first kappa shape index (κ1) is 15.6. The molecule has 0 spiro atoms. The van der Waals surface area contributed by atoms with E-state index in [1.54, 1.807) is 12.3 Å². The lowest BCUT2D eigenvalue weighted by atomic mass is 9.83. The van der Waals surface area contributed by atoms with E-state index in [0.29, 0.717) is 5.69 Å². The average molecular weight is 328 g/mol. The maximum atomic E-state index is 12.0. The lowest BCUT2D eigenvalue weighted by molar-refractivity contribution is 0.104. The Balaban J connectivity index is 1.79. The Hall–Kier alpha value is -2.94. The van der Waals surface area contributed by atoms with Gasteiger partial charge in [0.1, 0.15) is 5.69 Å². The summed E-state index contributed by atoms with van der Waals surface area (Å²) in [5, 5.41) is 0. The Labute approximate surface area is 148 Å². The fraction of sp³-hybridized carbons (Fsp3) is 0.182. The van der Waals surface area contributed by atoms with E-state index in [1.165, 1.54) is 16.9 Å². The number of rotatable bonds is 1. The molecule has 0 saturated carbocycles. The number of nitrogens with zero attached hydrogens (tertiary/aromatic N) is 2. The van der Waals surface area contributed by atoms with Crippen molar-refractivity contribution in [3.05, 3.63) is 89.4 Å². The number of hydrogen-bond donors (Lipinski definition) is 0. The van der Waals surface area contributed by atoms with Gasteiger partial charge in [-0.1, -0.05) is 50.3 Å². The Morgan fingerprint density at radius 2 is 1.84 bits per heavy atom. The van der Waals surface area contributed by atoms with Crippen LogP contribution < -0.4 is 4.90 Å². The SMILES string of the molecule is CN1C(=CC=C2C=CC(=O)c3ncccc32)C(C)(C)c2ccccc21. The summed E-state index contributed by atoms with van der Waals surface area (Å²) in [6.07, 6.45) is 9.38. The first-order valence-corrected chi connectivity index (χ1v) is 8.43. The highest BCUT2D eigenvalue weighted by Crippen LogP contribution is 2.46. The third-order valence-corrected chi connectivity index (χ3v) is 5.13. The quantitative estimate of drug-likeness (QED) is 0.771. The van der Waals surface area contributed by atoms with Gasteiger partial charge in [0.25, 0.3) is 0 Å². The molecule has 0 unspecified atom stereocenters. The standard InChI is InChI=1S/C22H20N2O/c1-22(2)17-8-4-5-9-18(17)24(3)20(22)13-11-15-10-12-19(25)21-16(15)7-6-14-23-21/h4-14H,1-3H3. The highest BCUT2D eigenvalue weighted by Gasteiger charge is 2.37. The second-order valence-corrected chi connectivity index (χ2v) is 6.97. The number of hydrogen-bond acceptors (Lipinski definition) is 3. The van der Waals surface area contributed by atoms with Gasteiger partial charge in [-0.2, -0.15) is 0 Å². The minimum absolute atomic E-state index is 0.0360. The molecule has 0 amide bonds. The molecule has 0 saturated heterocycles. The zero-order valence-corrected chi connectivity index (χ0v) is 14.7. The summed E-state index contributed by atoms with van der Waals surface area (Å²) < 4.78 is 0. The molecule has 0 radical (unpaired) electrons. The lowest BCUT2D eigenvalue weighted by Crippen LogP contribution is -2.22. The van der Waals surface area contributed by atoms with Gasteiger partial charge in [-0.25, -0.2) is 0 Å². The van der Waals surface area contributed by atoms with Crippen molar-refractivity contribution in [2.75, 3.05) is 11.9 Å². The fourth-order valence-electron chi connectivity index (χ4n) is 3.78. The molecule has 25 heavy (non-hydrogen) atoms. The Morgan fingerprint density at radius 1 is 1.04 bits per heavy atom. The van der Waals surface area contributed by atoms with Crippen LogP contribution in [0.5, 0.6) is 0 Å². The van der Waals surface area contributed by atoms with E-state index in [0.717, 1.165) is 11.1 Å². The number of fused-ring (bicyclic) bond motifs is 2. The minimum atomic E-state index is -0.0611. The van der Waals surface area contributed by atoms with Crippen LogP contribution in [0, 0.1) is 0 Å². The van der Waals surface area contributed by atoms with E-state index < -0.39 is 0 Å². The maximum Gasteiger partial charge on any atom is 0.204 e. The zero-order valence-electron chi connectivity index (χ0n) is 14.7. The summed E-state index contributed by atoms with van der Waals surface area (Å²) >= 11 is 0. The van der Waals surface area contributed by atoms with E-state index in [-0.39, 0.29) is 11.2 Å². The molecule has 2 heterocycles. The van der Waals surface area contributed by atoms with Crippen molar-refractivity contribution in [3.8, 4) is 0 Å². The third kappa shape index (κ3) is 2.35. The molecule has 0 bridgehead atoms. The highest BCUT2D eigenvalue weighted by atomic mass is 16.1. The van der Waals surface area contributed by atoms with Crippen LogP contribution in [0.3, 0.4) is 0 Å². The zero-order chi connectivity index (χ0) is 17.6. The largest absolute Gasteiger partial charge is 0.347 e. The van der Waals surface area contributed by atoms with Crippen molar-refractivity contribution in [3.63, 3.8) is 0 Å². The van der Waals surface area contributed by atoms with Gasteiger partial charge in [-0.3, -0.25) is 9.78 Å². The van der Waals surface area contributed by atoms with Gasteiger partial charge in [0.15, 0.2) is 0 Å². The van der Waals surface area contributed by atoms with Crippen LogP contribution in [-0.4, -0.2) is 17.8 Å². The van der Waals surface area contributed by atoms with Gasteiger partial charge in [0, 0.05) is 35.6 Å². The second kappa shape index (κ2) is 5.55. The van der Waals surface area contributed by atoms with Crippen LogP contribution in [0.4, 0.5) is 5.69 Å². The Kier molecular flexibility index (Phi) is 3.46. The van der Waals surface area contributed by atoms with Gasteiger partial charge >= 0.3 is 0 Å². The van der Waals surface area contributed by atoms with E-state index in [4.69, 9.17) is 0 Å². The van der Waals surface area contributed by atoms with Crippen molar-refractivity contribution in [2.24, 2.45) is 0 Å². The molecule has 3 heteroatoms. The first-order chi connectivity index (χ1) is 12.0. The number of carbonyl (C=O) groups is 1. The number of carbonyl (C=O) groups excluding carboxylic acids is 1. The van der Waals surface area contributed by atoms with Gasteiger partial charge in [0.05, 0.1) is 0 Å². The molecule has 1 aromatic heterocycles. The number of anilines is 1. The summed E-state index contributed by atoms with van der Waals surface area (Å²) in [4.78, 5) is 18.5. The summed E-state index contributed by atoms with van der Waals surface area (Å²) in [5.74, 6) is -0.0360. The minimum Gasteiger partial charge on any atom is -0.347 e. The van der Waals surface area contributed by atoms with E-state index in [2.05, 4.69) is 67.2 Å². The van der Waals surface area contributed by atoms with Gasteiger partial charge < -0.3 is 4.90 Å². The monoisotopic (exact) mass is 328 g/mol. The van der Waals surface area contributed by atoms with Crippen molar-refractivity contribution >= 4 is 17.0 Å². The summed E-state index contributed by atoms with van der Waals surface area (Å²) in [7, 11) is 2.10. The van der Waals surface area contributed by atoms with Crippen LogP contribution in [0.1, 0.15) is 35.5 Å². The number of aromatic nitrogens is 1. The number of para-hydroxylation sites is 1. The molecule has 1 aliphatic heterocycles. The van der Waals surface area contributed by atoms with Crippen LogP contribution in [0.2, 0.25) is 0 Å². The van der Waals surface area contributed by atoms with E-state index in [1.807, 2.05) is 18.2 Å². The predicted octanol–water partition coefficient (Wildman–Crippen LogP) is 4.53. The smallest absolute Gasteiger partial charge is 0.204 e. The van der Waals surface area contributed by atoms with E-state index >= 15 is 0 Å². The average Bonchev–Trinajstić information content (AvgIpc) is 2.82. The first-order valence-electron chi connectivity index (χ1n) is 8.43. The topological polar surface area (TPSA) is 33.2 Å². The van der Waals surface area contributed by atoms with Crippen LogP contribution in [0.25, 0.3) is 5.57 Å². The third-order valence-electron chi connectivity index (χ3n) is 5.13. The van der Waals surface area contributed by atoms with Gasteiger partial charge in [-0.15, -0.1) is 0 Å². The van der Waals surface area contributed by atoms with Crippen molar-refractivity contribution in [1.29, 1.82) is 0 Å². The molecule has 1 aliphatic carbocycles. The number of pyridine rings is 1. The van der Waals surface area contributed by atoms with Crippen LogP contribution >= 0.6 is 0 Å². The molecule has 3 nitrogen and oxygen atoms in total. The molecule has 0 N–H and O–H groups in total. The molecule has 1 aromatic carbocycles. The summed E-state index contributed by atoms with van der Waals surface area (Å²) in [6.45, 7) is 4.49. The Bertz CT molecular complexity index is 963. The second-order valence-electron chi connectivity index (χ2n) is 6.97. The van der Waals surface area contributed by atoms with Crippen LogP contribution in [-0.2, 0) is 5.41 Å². The van der Waals surface area contributed by atoms with E-state index in [9.17, 15) is 4.79 Å². The molecule has 0 fully saturated rings. The molecular formula is C22H20N2O. The van der Waals surface area contributed by atoms with Gasteiger partial charge in [-0.05, 0) is 35.4 Å². The Morgan fingerprint density at radius 3 is 2.64 bits per heavy atom. The molecule has 4 rings (SSSR count). The number of allylic oxidation sites excluding steroid dienone is 6. The predicted molar refractivity (Wildman–Crippen MR) is 102 cm³/mol. The molecule has 2 aromatic rings. The lowest BCUT2D eigenvalue weighted by Gasteiger charge is -2.24. The van der Waals surface area contributed by atoms with Crippen molar-refractivity contribution in [2.45, 2.75) is 19.3 Å². The normalized spacial score (nSPS) is 20.9. The summed E-state index contributed by atoms with van der Waals surface area (Å²) in [6, 6.07) is 12.3. The molecular weight excluding hydrogens is 308 g/mol. The van der Waals surface area contributed by atoms with Crippen LogP contribution in [0.15, 0.2) is 72.6 Å². The maximum absolute atomic E-state index is 12.0. The number of likely N-dealkylation sites (N-methyl/N-ethyl adjacent to an activating group) is 1. The number of benzene rings is 1. The molecule has 124 valence electrons.